The zero-order valence-electron chi connectivity index (χ0n) is 25.2. The molecule has 13 nitrogen and oxygen atoms in total. The van der Waals surface area contributed by atoms with Gasteiger partial charge in [0.05, 0.1) is 12.8 Å². The standard InChI is InChI=1S/C33H31Cl2N5O8/c34-18-3-8-22(9-4-18)47-33(45)39-12-11-23-24-13-19(35)5-10-25(24)36-27(23)28(39)17-1-6-21(7-2-17)46-16-20-14-40(38-37-20)32-31(44)30(43)29(42)26(15-41)48-32/h1-10,13-14,26,28-32,36,41-44H,11-12,15-16H2. The van der Waals surface area contributed by atoms with E-state index in [-0.39, 0.29) is 6.61 Å². The van der Waals surface area contributed by atoms with Crippen molar-refractivity contribution in [3.8, 4) is 11.5 Å². The number of aliphatic hydroxyl groups excluding tert-OH is 4. The van der Waals surface area contributed by atoms with Crippen LogP contribution in [0, 0.1) is 0 Å². The van der Waals surface area contributed by atoms with Crippen LogP contribution in [0.25, 0.3) is 10.9 Å². The van der Waals surface area contributed by atoms with Gasteiger partial charge >= 0.3 is 6.09 Å². The molecule has 250 valence electrons. The Bertz CT molecular complexity index is 1920. The highest BCUT2D eigenvalue weighted by atomic mass is 35.5. The molecule has 3 aromatic carbocycles. The Labute approximate surface area is 283 Å². The molecule has 1 saturated heterocycles. The van der Waals surface area contributed by atoms with Crippen LogP contribution in [-0.4, -0.2) is 89.0 Å². The molecule has 5 N–H and O–H groups in total. The highest BCUT2D eigenvalue weighted by molar-refractivity contribution is 6.31. The van der Waals surface area contributed by atoms with Crippen molar-refractivity contribution in [1.29, 1.82) is 0 Å². The molecule has 0 saturated carbocycles. The minimum Gasteiger partial charge on any atom is -0.487 e. The van der Waals surface area contributed by atoms with Gasteiger partial charge in [-0.25, -0.2) is 9.48 Å². The van der Waals surface area contributed by atoms with Gasteiger partial charge in [0.15, 0.2) is 6.23 Å². The van der Waals surface area contributed by atoms with E-state index in [0.29, 0.717) is 40.2 Å². The molecule has 1 fully saturated rings. The third kappa shape index (κ3) is 6.21. The van der Waals surface area contributed by atoms with Gasteiger partial charge in [0.1, 0.15) is 54.3 Å². The fourth-order valence-corrected chi connectivity index (χ4v) is 6.47. The number of hydrogen-bond acceptors (Lipinski definition) is 10. The molecule has 7 rings (SSSR count). The molecular formula is C33H31Cl2N5O8. The quantitative estimate of drug-likeness (QED) is 0.169. The molecule has 2 aliphatic rings. The maximum atomic E-state index is 13.6. The first kappa shape index (κ1) is 32.3. The van der Waals surface area contributed by atoms with Gasteiger partial charge in [-0.3, -0.25) is 4.90 Å². The number of nitrogens with zero attached hydrogens (tertiary/aromatic N) is 4. The highest BCUT2D eigenvalue weighted by Crippen LogP contribution is 2.40. The van der Waals surface area contributed by atoms with Gasteiger partial charge in [-0.1, -0.05) is 40.5 Å². The maximum Gasteiger partial charge on any atom is 0.416 e. The topological polar surface area (TPSA) is 175 Å². The van der Waals surface area contributed by atoms with Gasteiger partial charge in [-0.05, 0) is 72.1 Å². The predicted molar refractivity (Wildman–Crippen MR) is 173 cm³/mol. The number of aromatic nitrogens is 4. The van der Waals surface area contributed by atoms with Crippen LogP contribution < -0.4 is 9.47 Å². The third-order valence-electron chi connectivity index (χ3n) is 8.61. The largest absolute Gasteiger partial charge is 0.487 e. The van der Waals surface area contributed by atoms with E-state index >= 15 is 0 Å². The Morgan fingerprint density at radius 3 is 2.44 bits per heavy atom. The summed E-state index contributed by atoms with van der Waals surface area (Å²) >= 11 is 12.3. The lowest BCUT2D eigenvalue weighted by atomic mass is 9.92. The number of carbonyl (C=O) groups is 1. The van der Waals surface area contributed by atoms with Crippen LogP contribution in [0.15, 0.2) is 72.9 Å². The molecule has 5 aromatic rings. The number of aliphatic hydroxyl groups is 4. The first-order chi connectivity index (χ1) is 23.2. The smallest absolute Gasteiger partial charge is 0.416 e. The van der Waals surface area contributed by atoms with E-state index in [4.69, 9.17) is 37.4 Å². The van der Waals surface area contributed by atoms with Crippen LogP contribution in [0.5, 0.6) is 11.5 Å². The van der Waals surface area contributed by atoms with Crippen molar-refractivity contribution >= 4 is 40.2 Å². The van der Waals surface area contributed by atoms with E-state index in [1.807, 2.05) is 30.3 Å². The Morgan fingerprint density at radius 1 is 0.958 bits per heavy atom. The van der Waals surface area contributed by atoms with E-state index < -0.39 is 49.4 Å². The number of rotatable bonds is 7. The molecule has 2 aromatic heterocycles. The van der Waals surface area contributed by atoms with Crippen LogP contribution in [0.2, 0.25) is 10.0 Å². The Morgan fingerprint density at radius 2 is 1.69 bits per heavy atom. The second kappa shape index (κ2) is 13.4. The summed E-state index contributed by atoms with van der Waals surface area (Å²) in [5.41, 5.74) is 4.09. The molecule has 6 atom stereocenters. The molecule has 0 spiro atoms. The summed E-state index contributed by atoms with van der Waals surface area (Å²) in [6.45, 7) is -0.126. The lowest BCUT2D eigenvalue weighted by molar-refractivity contribution is -0.254. The summed E-state index contributed by atoms with van der Waals surface area (Å²) in [5.74, 6) is 0.903. The van der Waals surface area contributed by atoms with E-state index in [2.05, 4.69) is 15.3 Å². The van der Waals surface area contributed by atoms with Crippen LogP contribution in [0.1, 0.15) is 34.8 Å². The van der Waals surface area contributed by atoms with Crippen molar-refractivity contribution in [3.05, 3.63) is 105 Å². The van der Waals surface area contributed by atoms with Crippen molar-refractivity contribution in [2.75, 3.05) is 13.2 Å². The van der Waals surface area contributed by atoms with Crippen molar-refractivity contribution in [1.82, 2.24) is 24.9 Å². The molecule has 2 aliphatic heterocycles. The molecule has 1 amide bonds. The molecule has 48 heavy (non-hydrogen) atoms. The van der Waals surface area contributed by atoms with Crippen LogP contribution in [0.4, 0.5) is 4.79 Å². The van der Waals surface area contributed by atoms with Gasteiger partial charge in [-0.15, -0.1) is 5.10 Å². The SMILES string of the molecule is O=C(Oc1ccc(Cl)cc1)N1CCc2c([nH]c3ccc(Cl)cc23)C1c1ccc(OCc2cn(C3OC(CO)C(O)C(O)C3O)nn2)cc1. The van der Waals surface area contributed by atoms with Gasteiger partial charge in [0, 0.05) is 33.2 Å². The summed E-state index contributed by atoms with van der Waals surface area (Å²) in [5, 5.41) is 50.2. The molecule has 4 heterocycles. The van der Waals surface area contributed by atoms with Crippen LogP contribution in [-0.2, 0) is 17.8 Å². The van der Waals surface area contributed by atoms with Gasteiger partial charge in [0.2, 0.25) is 0 Å². The first-order valence-corrected chi connectivity index (χ1v) is 15.9. The molecule has 15 heteroatoms. The number of nitrogens with one attached hydrogen (secondary N) is 1. The number of H-pyrrole nitrogens is 1. The Kier molecular flexibility index (Phi) is 9.00. The zero-order valence-corrected chi connectivity index (χ0v) is 26.7. The number of aromatic amines is 1. The van der Waals surface area contributed by atoms with E-state index in [0.717, 1.165) is 27.7 Å². The minimum absolute atomic E-state index is 0.0205. The predicted octanol–water partition coefficient (Wildman–Crippen LogP) is 3.76. The zero-order chi connectivity index (χ0) is 33.5. The minimum atomic E-state index is -1.54. The molecule has 6 unspecified atom stereocenters. The fourth-order valence-electron chi connectivity index (χ4n) is 6.17. The van der Waals surface area contributed by atoms with E-state index in [1.54, 1.807) is 41.3 Å². The number of hydrogen-bond donors (Lipinski definition) is 5. The summed E-state index contributed by atoms with van der Waals surface area (Å²) < 4.78 is 18.4. The molecular weight excluding hydrogens is 665 g/mol. The highest BCUT2D eigenvalue weighted by Gasteiger charge is 2.44. The number of fused-ring (bicyclic) bond motifs is 3. The molecule has 0 aliphatic carbocycles. The number of amides is 1. The monoisotopic (exact) mass is 695 g/mol. The summed E-state index contributed by atoms with van der Waals surface area (Å²) in [4.78, 5) is 18.8. The molecule has 0 radical (unpaired) electrons. The fraction of sp³-hybridized carbons (Fsp3) is 0.303. The maximum absolute atomic E-state index is 13.6. The number of ether oxygens (including phenoxy) is 3. The van der Waals surface area contributed by atoms with Crippen molar-refractivity contribution in [2.45, 2.75) is 49.7 Å². The van der Waals surface area contributed by atoms with Gasteiger partial charge in [0.25, 0.3) is 0 Å². The van der Waals surface area contributed by atoms with Crippen molar-refractivity contribution < 1.29 is 39.4 Å². The second-order valence-corrected chi connectivity index (χ2v) is 12.5. The van der Waals surface area contributed by atoms with E-state index in [9.17, 15) is 25.2 Å². The summed E-state index contributed by atoms with van der Waals surface area (Å²) in [6, 6.07) is 19.1. The normalized spacial score (nSPS) is 24.0. The van der Waals surface area contributed by atoms with Gasteiger partial charge in [-0.2, -0.15) is 0 Å². The van der Waals surface area contributed by atoms with Crippen molar-refractivity contribution in [2.24, 2.45) is 0 Å². The third-order valence-corrected chi connectivity index (χ3v) is 9.10. The summed E-state index contributed by atoms with van der Waals surface area (Å²) in [6.07, 6.45) is -5.18. The lowest BCUT2D eigenvalue weighted by Crippen LogP contribution is -2.56. The van der Waals surface area contributed by atoms with E-state index in [1.165, 1.54) is 10.9 Å². The average Bonchev–Trinajstić information content (AvgIpc) is 3.72. The number of carbonyl (C=O) groups excluding carboxylic acids is 1. The second-order valence-electron chi connectivity index (χ2n) is 11.6. The lowest BCUT2D eigenvalue weighted by Gasteiger charge is -2.39. The molecule has 0 bridgehead atoms. The Hall–Kier alpha value is -4.21. The number of halogens is 2. The summed E-state index contributed by atoms with van der Waals surface area (Å²) in [7, 11) is 0. The van der Waals surface area contributed by atoms with Crippen LogP contribution >= 0.6 is 23.2 Å². The van der Waals surface area contributed by atoms with Gasteiger partial charge < -0.3 is 39.6 Å². The van der Waals surface area contributed by atoms with Crippen LogP contribution in [0.3, 0.4) is 0 Å². The average molecular weight is 697 g/mol. The Balaban J connectivity index is 1.10. The van der Waals surface area contributed by atoms with Crippen molar-refractivity contribution in [3.63, 3.8) is 0 Å². The number of benzene rings is 3. The first-order valence-electron chi connectivity index (χ1n) is 15.2.